The molecule has 3 aromatic rings. The van der Waals surface area contributed by atoms with Crippen molar-refractivity contribution in [2.45, 2.75) is 20.4 Å². The van der Waals surface area contributed by atoms with Crippen LogP contribution in [0.2, 0.25) is 0 Å². The predicted octanol–water partition coefficient (Wildman–Crippen LogP) is 3.90. The Labute approximate surface area is 179 Å². The van der Waals surface area contributed by atoms with Crippen LogP contribution >= 0.6 is 0 Å². The molecule has 31 heavy (non-hydrogen) atoms. The van der Waals surface area contributed by atoms with Crippen LogP contribution in [0.5, 0.6) is 0 Å². The molecular formula is C23H22N4O4. The van der Waals surface area contributed by atoms with Gasteiger partial charge in [-0.05, 0) is 43.2 Å². The smallest absolute Gasteiger partial charge is 0.293 e. The fourth-order valence-electron chi connectivity index (χ4n) is 3.09. The fraction of sp³-hybridized carbons (Fsp3) is 0.130. The van der Waals surface area contributed by atoms with Gasteiger partial charge >= 0.3 is 0 Å². The number of nitrogens with one attached hydrogen (secondary N) is 3. The molecule has 0 atom stereocenters. The molecule has 3 aromatic carbocycles. The second kappa shape index (κ2) is 9.53. The summed E-state index contributed by atoms with van der Waals surface area (Å²) in [5, 5.41) is 14.5. The van der Waals surface area contributed by atoms with E-state index in [4.69, 9.17) is 0 Å². The van der Waals surface area contributed by atoms with Gasteiger partial charge in [-0.25, -0.2) is 0 Å². The van der Waals surface area contributed by atoms with Crippen LogP contribution in [0, 0.1) is 24.0 Å². The first kappa shape index (κ1) is 21.5. The molecule has 0 saturated heterocycles. The maximum Gasteiger partial charge on any atom is 0.293 e. The molecule has 0 aromatic heterocycles. The van der Waals surface area contributed by atoms with Crippen LogP contribution in [0.1, 0.15) is 37.4 Å². The van der Waals surface area contributed by atoms with Crippen LogP contribution in [0.3, 0.4) is 0 Å². The summed E-state index contributed by atoms with van der Waals surface area (Å²) in [4.78, 5) is 35.7. The van der Waals surface area contributed by atoms with E-state index in [-0.39, 0.29) is 11.3 Å². The van der Waals surface area contributed by atoms with Gasteiger partial charge in [-0.15, -0.1) is 0 Å². The Balaban J connectivity index is 1.68. The molecule has 3 N–H and O–H groups in total. The maximum atomic E-state index is 12.4. The molecule has 0 radical (unpaired) electrons. The maximum absolute atomic E-state index is 12.4. The lowest BCUT2D eigenvalue weighted by molar-refractivity contribution is -0.384. The predicted molar refractivity (Wildman–Crippen MR) is 118 cm³/mol. The number of nitrogens with zero attached hydrogens (tertiary/aromatic N) is 1. The lowest BCUT2D eigenvalue weighted by atomic mass is 10.1. The Kier molecular flexibility index (Phi) is 6.61. The highest BCUT2D eigenvalue weighted by Gasteiger charge is 2.18. The average molecular weight is 418 g/mol. The minimum atomic E-state index is -0.657. The van der Waals surface area contributed by atoms with E-state index < -0.39 is 16.7 Å². The van der Waals surface area contributed by atoms with Crippen LogP contribution in [0.25, 0.3) is 0 Å². The average Bonchev–Trinajstić information content (AvgIpc) is 2.76. The molecule has 0 bridgehead atoms. The summed E-state index contributed by atoms with van der Waals surface area (Å²) in [6.07, 6.45) is 0. The van der Waals surface area contributed by atoms with Gasteiger partial charge in [0.1, 0.15) is 5.69 Å². The number of anilines is 1. The lowest BCUT2D eigenvalue weighted by Crippen LogP contribution is -2.41. The van der Waals surface area contributed by atoms with E-state index in [9.17, 15) is 19.7 Å². The summed E-state index contributed by atoms with van der Waals surface area (Å²) >= 11 is 0. The highest BCUT2D eigenvalue weighted by atomic mass is 16.6. The molecule has 0 saturated carbocycles. The summed E-state index contributed by atoms with van der Waals surface area (Å²) in [7, 11) is 0. The van der Waals surface area contributed by atoms with Crippen molar-refractivity contribution in [1.29, 1.82) is 0 Å². The zero-order chi connectivity index (χ0) is 22.4. The molecule has 0 unspecified atom stereocenters. The number of hydrogen-bond acceptors (Lipinski definition) is 5. The number of rotatable bonds is 6. The van der Waals surface area contributed by atoms with Crippen LogP contribution in [0.15, 0.2) is 66.7 Å². The summed E-state index contributed by atoms with van der Waals surface area (Å²) in [6, 6.07) is 18.9. The molecular weight excluding hydrogens is 396 g/mol. The van der Waals surface area contributed by atoms with Crippen molar-refractivity contribution >= 4 is 23.2 Å². The van der Waals surface area contributed by atoms with Crippen LogP contribution in [-0.4, -0.2) is 16.7 Å². The molecule has 2 amide bonds. The van der Waals surface area contributed by atoms with Crippen molar-refractivity contribution in [3.63, 3.8) is 0 Å². The molecule has 0 aliphatic heterocycles. The Morgan fingerprint density at radius 3 is 2.29 bits per heavy atom. The number of carbonyl (C=O) groups excluding carboxylic acids is 2. The first-order valence-corrected chi connectivity index (χ1v) is 9.59. The molecule has 0 spiro atoms. The van der Waals surface area contributed by atoms with Gasteiger partial charge in [0.15, 0.2) is 0 Å². The van der Waals surface area contributed by atoms with E-state index in [0.29, 0.717) is 17.8 Å². The molecule has 3 rings (SSSR count). The Morgan fingerprint density at radius 1 is 0.903 bits per heavy atom. The quantitative estimate of drug-likeness (QED) is 0.415. The second-order valence-corrected chi connectivity index (χ2v) is 7.05. The summed E-state index contributed by atoms with van der Waals surface area (Å²) in [5.74, 6) is -1.13. The molecule has 0 fully saturated rings. The number of nitro groups is 1. The van der Waals surface area contributed by atoms with Crippen LogP contribution < -0.4 is 16.2 Å². The largest absolute Gasteiger partial charge is 0.375 e. The van der Waals surface area contributed by atoms with Crippen molar-refractivity contribution in [3.05, 3.63) is 105 Å². The Bertz CT molecular complexity index is 1130. The van der Waals surface area contributed by atoms with E-state index in [1.165, 1.54) is 18.2 Å². The zero-order valence-corrected chi connectivity index (χ0v) is 17.1. The Morgan fingerprint density at radius 2 is 1.61 bits per heavy atom. The molecule has 0 aliphatic rings. The molecule has 8 heteroatoms. The van der Waals surface area contributed by atoms with Crippen molar-refractivity contribution < 1.29 is 14.5 Å². The zero-order valence-electron chi connectivity index (χ0n) is 17.1. The third-order valence-corrected chi connectivity index (χ3v) is 4.70. The number of amides is 2. The van der Waals surface area contributed by atoms with Crippen molar-refractivity contribution in [3.8, 4) is 0 Å². The summed E-state index contributed by atoms with van der Waals surface area (Å²) in [5.41, 5.74) is 7.95. The van der Waals surface area contributed by atoms with E-state index >= 15 is 0 Å². The SMILES string of the molecule is Cc1ccc(C(=O)NNC(=O)c2ccc(NCc3ccccc3)c([N+](=O)[O-])c2)c(C)c1. The third-order valence-electron chi connectivity index (χ3n) is 4.70. The first-order valence-electron chi connectivity index (χ1n) is 9.59. The number of carbonyl (C=O) groups is 2. The summed E-state index contributed by atoms with van der Waals surface area (Å²) < 4.78 is 0. The van der Waals surface area contributed by atoms with Crippen LogP contribution in [-0.2, 0) is 6.54 Å². The molecule has 8 nitrogen and oxygen atoms in total. The normalized spacial score (nSPS) is 10.3. The van der Waals surface area contributed by atoms with Gasteiger partial charge in [0.05, 0.1) is 4.92 Å². The highest BCUT2D eigenvalue weighted by molar-refractivity contribution is 6.00. The van der Waals surface area contributed by atoms with E-state index in [2.05, 4.69) is 16.2 Å². The van der Waals surface area contributed by atoms with Crippen LogP contribution in [0.4, 0.5) is 11.4 Å². The number of benzene rings is 3. The number of hydrogen-bond donors (Lipinski definition) is 3. The van der Waals surface area contributed by atoms with Gasteiger partial charge in [-0.1, -0.05) is 48.0 Å². The van der Waals surface area contributed by atoms with Crippen molar-refractivity contribution in [1.82, 2.24) is 10.9 Å². The van der Waals surface area contributed by atoms with Gasteiger partial charge in [0.25, 0.3) is 17.5 Å². The van der Waals surface area contributed by atoms with E-state index in [1.54, 1.807) is 19.1 Å². The second-order valence-electron chi connectivity index (χ2n) is 7.05. The van der Waals surface area contributed by atoms with Gasteiger partial charge in [0, 0.05) is 23.7 Å². The Hall–Kier alpha value is -4.20. The fourth-order valence-corrected chi connectivity index (χ4v) is 3.09. The van der Waals surface area contributed by atoms with Crippen molar-refractivity contribution in [2.24, 2.45) is 0 Å². The molecule has 158 valence electrons. The lowest BCUT2D eigenvalue weighted by Gasteiger charge is -2.11. The van der Waals surface area contributed by atoms with Crippen molar-refractivity contribution in [2.75, 3.05) is 5.32 Å². The minimum absolute atomic E-state index is 0.0536. The molecule has 0 heterocycles. The first-order chi connectivity index (χ1) is 14.8. The summed E-state index contributed by atoms with van der Waals surface area (Å²) in [6.45, 7) is 4.12. The molecule has 0 aliphatic carbocycles. The number of nitro benzene ring substituents is 1. The van der Waals surface area contributed by atoms with Gasteiger partial charge in [-0.2, -0.15) is 0 Å². The standard InChI is InChI=1S/C23H22N4O4/c1-15-8-10-19(16(2)12-15)23(29)26-25-22(28)18-9-11-20(21(13-18)27(30)31)24-14-17-6-4-3-5-7-17/h3-13,24H,14H2,1-2H3,(H,25,28)(H,26,29). The topological polar surface area (TPSA) is 113 Å². The van der Waals surface area contributed by atoms with Gasteiger partial charge < -0.3 is 5.32 Å². The highest BCUT2D eigenvalue weighted by Crippen LogP contribution is 2.26. The van der Waals surface area contributed by atoms with Gasteiger partial charge in [-0.3, -0.25) is 30.6 Å². The monoisotopic (exact) mass is 418 g/mol. The third kappa shape index (κ3) is 5.45. The van der Waals surface area contributed by atoms with Gasteiger partial charge in [0.2, 0.25) is 0 Å². The van der Waals surface area contributed by atoms with E-state index in [1.807, 2.05) is 43.3 Å². The number of aryl methyl sites for hydroxylation is 2. The number of hydrazine groups is 1. The minimum Gasteiger partial charge on any atom is -0.375 e. The van der Waals surface area contributed by atoms with E-state index in [0.717, 1.165) is 16.7 Å².